The van der Waals surface area contributed by atoms with E-state index in [-0.39, 0.29) is 6.03 Å². The predicted octanol–water partition coefficient (Wildman–Crippen LogP) is 3.61. The quantitative estimate of drug-likeness (QED) is 0.754. The molecule has 1 heterocycles. The molecule has 2 N–H and O–H groups in total. The highest BCUT2D eigenvalue weighted by atomic mass is 16.5. The Balaban J connectivity index is 1.65. The monoisotopic (exact) mass is 321 g/mol. The second-order valence-electron chi connectivity index (χ2n) is 5.35. The minimum absolute atomic E-state index is 0.228. The number of nitrogens with one attached hydrogen (secondary N) is 2. The minimum atomic E-state index is -0.228. The predicted molar refractivity (Wildman–Crippen MR) is 95.5 cm³/mol. The highest BCUT2D eigenvalue weighted by Crippen LogP contribution is 2.31. The molecule has 5 heteroatoms. The van der Waals surface area contributed by atoms with Gasteiger partial charge in [-0.05, 0) is 30.2 Å². The first-order valence-electron chi connectivity index (χ1n) is 7.77. The maximum Gasteiger partial charge on any atom is 0.319 e. The van der Waals surface area contributed by atoms with Crippen molar-refractivity contribution in [3.63, 3.8) is 0 Å². The van der Waals surface area contributed by atoms with Crippen molar-refractivity contribution in [3.05, 3.63) is 66.5 Å². The van der Waals surface area contributed by atoms with Crippen molar-refractivity contribution in [2.45, 2.75) is 6.42 Å². The molecule has 0 radical (unpaired) electrons. The molecule has 0 aliphatic heterocycles. The molecular formula is C19H19N3O2. The highest BCUT2D eigenvalue weighted by Gasteiger charge is 2.08. The number of hydrogen-bond donors (Lipinski definition) is 2. The highest BCUT2D eigenvalue weighted by molar-refractivity contribution is 6.03. The van der Waals surface area contributed by atoms with Gasteiger partial charge in [-0.15, -0.1) is 0 Å². The molecule has 2 aromatic carbocycles. The van der Waals surface area contributed by atoms with E-state index >= 15 is 0 Å². The van der Waals surface area contributed by atoms with Gasteiger partial charge in [0.25, 0.3) is 0 Å². The van der Waals surface area contributed by atoms with Gasteiger partial charge in [0.05, 0.1) is 12.8 Å². The van der Waals surface area contributed by atoms with E-state index in [0.717, 1.165) is 34.2 Å². The molecule has 3 rings (SSSR count). The number of pyridine rings is 1. The Bertz CT molecular complexity index is 834. The van der Waals surface area contributed by atoms with Crippen LogP contribution in [0.25, 0.3) is 10.8 Å². The van der Waals surface area contributed by atoms with E-state index in [0.29, 0.717) is 6.54 Å². The van der Waals surface area contributed by atoms with Crippen molar-refractivity contribution in [1.82, 2.24) is 10.3 Å². The number of anilines is 1. The van der Waals surface area contributed by atoms with Crippen molar-refractivity contribution in [2.75, 3.05) is 19.0 Å². The zero-order valence-corrected chi connectivity index (χ0v) is 13.5. The van der Waals surface area contributed by atoms with Gasteiger partial charge in [-0.2, -0.15) is 0 Å². The lowest BCUT2D eigenvalue weighted by Gasteiger charge is -2.12. The average Bonchev–Trinajstić information content (AvgIpc) is 2.63. The SMILES string of the molecule is COc1ccc(NC(=O)NCCc2cccnc2)c2ccccc12. The normalized spacial score (nSPS) is 10.4. The van der Waals surface area contributed by atoms with E-state index in [1.165, 1.54) is 0 Å². The van der Waals surface area contributed by atoms with Gasteiger partial charge >= 0.3 is 6.03 Å². The van der Waals surface area contributed by atoms with E-state index in [4.69, 9.17) is 4.74 Å². The number of ether oxygens (including phenoxy) is 1. The molecule has 0 aliphatic carbocycles. The summed E-state index contributed by atoms with van der Waals surface area (Å²) in [5.74, 6) is 0.785. The van der Waals surface area contributed by atoms with Crippen molar-refractivity contribution in [3.8, 4) is 5.75 Å². The number of hydrogen-bond acceptors (Lipinski definition) is 3. The van der Waals surface area contributed by atoms with Gasteiger partial charge in [0.1, 0.15) is 5.75 Å². The number of fused-ring (bicyclic) bond motifs is 1. The Morgan fingerprint density at radius 2 is 1.92 bits per heavy atom. The van der Waals surface area contributed by atoms with Gasteiger partial charge in [-0.25, -0.2) is 4.79 Å². The fourth-order valence-electron chi connectivity index (χ4n) is 2.59. The van der Waals surface area contributed by atoms with Crippen LogP contribution in [0.1, 0.15) is 5.56 Å². The molecule has 24 heavy (non-hydrogen) atoms. The maximum absolute atomic E-state index is 12.1. The molecule has 0 fully saturated rings. The Morgan fingerprint density at radius 1 is 1.08 bits per heavy atom. The molecular weight excluding hydrogens is 302 g/mol. The number of rotatable bonds is 5. The lowest BCUT2D eigenvalue weighted by atomic mass is 10.1. The third-order valence-corrected chi connectivity index (χ3v) is 3.77. The van der Waals surface area contributed by atoms with Crippen LogP contribution in [0.3, 0.4) is 0 Å². The summed E-state index contributed by atoms with van der Waals surface area (Å²) in [5.41, 5.74) is 1.85. The number of carbonyl (C=O) groups excluding carboxylic acids is 1. The third-order valence-electron chi connectivity index (χ3n) is 3.77. The van der Waals surface area contributed by atoms with Crippen molar-refractivity contribution < 1.29 is 9.53 Å². The van der Waals surface area contributed by atoms with Gasteiger partial charge in [0.15, 0.2) is 0 Å². The Labute approximate surface area is 140 Å². The summed E-state index contributed by atoms with van der Waals surface area (Å²) in [7, 11) is 1.64. The Kier molecular flexibility index (Phi) is 4.91. The smallest absolute Gasteiger partial charge is 0.319 e. The zero-order valence-electron chi connectivity index (χ0n) is 13.5. The van der Waals surface area contributed by atoms with Crippen LogP contribution < -0.4 is 15.4 Å². The van der Waals surface area contributed by atoms with Crippen molar-refractivity contribution in [1.29, 1.82) is 0 Å². The second-order valence-corrected chi connectivity index (χ2v) is 5.35. The Hall–Kier alpha value is -3.08. The second kappa shape index (κ2) is 7.46. The molecule has 0 atom stereocenters. The summed E-state index contributed by atoms with van der Waals surface area (Å²) in [6, 6.07) is 15.2. The summed E-state index contributed by atoms with van der Waals surface area (Å²) in [4.78, 5) is 16.2. The van der Waals surface area contributed by atoms with Crippen LogP contribution in [0.4, 0.5) is 10.5 Å². The van der Waals surface area contributed by atoms with Crippen LogP contribution >= 0.6 is 0 Å². The van der Waals surface area contributed by atoms with Crippen LogP contribution in [0.15, 0.2) is 60.9 Å². The maximum atomic E-state index is 12.1. The molecule has 0 aliphatic rings. The molecule has 0 spiro atoms. The number of urea groups is 1. The molecule has 0 saturated heterocycles. The summed E-state index contributed by atoms with van der Waals surface area (Å²) in [5, 5.41) is 7.67. The van der Waals surface area contributed by atoms with Crippen LogP contribution in [0.2, 0.25) is 0 Å². The number of carbonyl (C=O) groups is 1. The first-order valence-corrected chi connectivity index (χ1v) is 7.77. The van der Waals surface area contributed by atoms with Crippen molar-refractivity contribution in [2.24, 2.45) is 0 Å². The van der Waals surface area contributed by atoms with Gasteiger partial charge in [0.2, 0.25) is 0 Å². The van der Waals surface area contributed by atoms with Crippen LogP contribution in [0, 0.1) is 0 Å². The van der Waals surface area contributed by atoms with E-state index in [2.05, 4.69) is 15.6 Å². The first-order chi connectivity index (χ1) is 11.8. The Morgan fingerprint density at radius 3 is 2.67 bits per heavy atom. The molecule has 1 aromatic heterocycles. The fraction of sp³-hybridized carbons (Fsp3) is 0.158. The molecule has 2 amide bonds. The molecule has 122 valence electrons. The number of methoxy groups -OCH3 is 1. The topological polar surface area (TPSA) is 63.2 Å². The largest absolute Gasteiger partial charge is 0.496 e. The lowest BCUT2D eigenvalue weighted by Crippen LogP contribution is -2.30. The van der Waals surface area contributed by atoms with Crippen molar-refractivity contribution >= 4 is 22.5 Å². The zero-order chi connectivity index (χ0) is 16.8. The third kappa shape index (κ3) is 3.63. The summed E-state index contributed by atoms with van der Waals surface area (Å²) in [6.45, 7) is 0.547. The number of nitrogens with zero attached hydrogens (tertiary/aromatic N) is 1. The van der Waals surface area contributed by atoms with Gasteiger partial charge < -0.3 is 15.4 Å². The summed E-state index contributed by atoms with van der Waals surface area (Å²) in [6.07, 6.45) is 4.28. The van der Waals surface area contributed by atoms with Crippen LogP contribution in [-0.4, -0.2) is 24.7 Å². The van der Waals surface area contributed by atoms with Crippen LogP contribution in [0.5, 0.6) is 5.75 Å². The minimum Gasteiger partial charge on any atom is -0.496 e. The molecule has 0 unspecified atom stereocenters. The number of aromatic nitrogens is 1. The van der Waals surface area contributed by atoms with Gasteiger partial charge in [0, 0.05) is 29.7 Å². The fourth-order valence-corrected chi connectivity index (χ4v) is 2.59. The molecule has 5 nitrogen and oxygen atoms in total. The number of amides is 2. The van der Waals surface area contributed by atoms with E-state index in [1.807, 2.05) is 48.5 Å². The van der Waals surface area contributed by atoms with E-state index in [1.54, 1.807) is 19.5 Å². The summed E-state index contributed by atoms with van der Waals surface area (Å²) >= 11 is 0. The first kappa shape index (κ1) is 15.8. The summed E-state index contributed by atoms with van der Waals surface area (Å²) < 4.78 is 5.37. The van der Waals surface area contributed by atoms with E-state index < -0.39 is 0 Å². The molecule has 0 bridgehead atoms. The van der Waals surface area contributed by atoms with Crippen LogP contribution in [-0.2, 0) is 6.42 Å². The average molecular weight is 321 g/mol. The lowest BCUT2D eigenvalue weighted by molar-refractivity contribution is 0.252. The van der Waals surface area contributed by atoms with Gasteiger partial charge in [-0.1, -0.05) is 30.3 Å². The molecule has 3 aromatic rings. The standard InChI is InChI=1S/C19H19N3O2/c1-24-18-9-8-17(15-6-2-3-7-16(15)18)22-19(23)21-12-10-14-5-4-11-20-13-14/h2-9,11,13H,10,12H2,1H3,(H2,21,22,23). The molecule has 0 saturated carbocycles. The number of benzene rings is 2. The van der Waals surface area contributed by atoms with E-state index in [9.17, 15) is 4.79 Å². The van der Waals surface area contributed by atoms with Gasteiger partial charge in [-0.3, -0.25) is 4.98 Å².